The molecule has 0 bridgehead atoms. The van der Waals surface area contributed by atoms with E-state index in [9.17, 15) is 4.79 Å². The van der Waals surface area contributed by atoms with Gasteiger partial charge in [0.15, 0.2) is 0 Å². The number of aromatic nitrogens is 2. The van der Waals surface area contributed by atoms with Crippen molar-refractivity contribution in [2.45, 2.75) is 26.4 Å². The average molecular weight is 223 g/mol. The number of aliphatic hydroxyl groups is 1. The maximum absolute atomic E-state index is 11.7. The lowest BCUT2D eigenvalue weighted by atomic mass is 10.1. The maximum Gasteiger partial charge on any atom is 0.267 e. The number of aliphatic hydroxyl groups excluding tert-OH is 1. The molecule has 1 aromatic rings. The van der Waals surface area contributed by atoms with Crippen molar-refractivity contribution >= 4 is 0 Å². The number of hydrogen-bond acceptors (Lipinski definition) is 4. The third kappa shape index (κ3) is 2.31. The lowest BCUT2D eigenvalue weighted by Crippen LogP contribution is -2.33. The molecule has 0 aromatic carbocycles. The third-order valence-corrected chi connectivity index (χ3v) is 2.81. The maximum atomic E-state index is 11.7. The van der Waals surface area contributed by atoms with Crippen molar-refractivity contribution in [2.24, 2.45) is 5.92 Å². The Bertz CT molecular complexity index is 428. The first kappa shape index (κ1) is 11.3. The van der Waals surface area contributed by atoms with E-state index in [2.05, 4.69) is 10.4 Å². The van der Waals surface area contributed by atoms with Gasteiger partial charge in [0.25, 0.3) is 5.56 Å². The topological polar surface area (TPSA) is 67.1 Å². The van der Waals surface area contributed by atoms with Crippen LogP contribution in [0.4, 0.5) is 0 Å². The fraction of sp³-hybridized carbons (Fsp3) is 0.636. The highest BCUT2D eigenvalue weighted by atomic mass is 16.3. The van der Waals surface area contributed by atoms with Crippen LogP contribution in [0.3, 0.4) is 0 Å². The average Bonchev–Trinajstić information content (AvgIpc) is 2.30. The second-order valence-electron chi connectivity index (χ2n) is 4.35. The van der Waals surface area contributed by atoms with Gasteiger partial charge in [-0.1, -0.05) is 6.92 Å². The number of rotatable bonds is 3. The van der Waals surface area contributed by atoms with E-state index in [0.29, 0.717) is 6.54 Å². The molecular weight excluding hydrogens is 206 g/mol. The van der Waals surface area contributed by atoms with Gasteiger partial charge in [0.05, 0.1) is 5.69 Å². The van der Waals surface area contributed by atoms with Crippen LogP contribution in [0.2, 0.25) is 0 Å². The fourth-order valence-corrected chi connectivity index (χ4v) is 1.84. The van der Waals surface area contributed by atoms with Crippen LogP contribution in [0.5, 0.6) is 0 Å². The second-order valence-corrected chi connectivity index (χ2v) is 4.35. The summed E-state index contributed by atoms with van der Waals surface area (Å²) >= 11 is 0. The van der Waals surface area contributed by atoms with Gasteiger partial charge in [-0.05, 0) is 11.5 Å². The highest BCUT2D eigenvalue weighted by molar-refractivity contribution is 5.20. The molecule has 1 aromatic heterocycles. The summed E-state index contributed by atoms with van der Waals surface area (Å²) in [4.78, 5) is 11.7. The Labute approximate surface area is 94.1 Å². The van der Waals surface area contributed by atoms with E-state index in [-0.39, 0.29) is 18.1 Å². The minimum Gasteiger partial charge on any atom is -0.396 e. The van der Waals surface area contributed by atoms with Crippen molar-refractivity contribution in [3.05, 3.63) is 27.7 Å². The molecule has 0 saturated carbocycles. The molecule has 0 radical (unpaired) electrons. The van der Waals surface area contributed by atoms with Gasteiger partial charge in [0.1, 0.15) is 0 Å². The van der Waals surface area contributed by atoms with E-state index in [1.54, 1.807) is 6.07 Å². The first-order chi connectivity index (χ1) is 7.70. The van der Waals surface area contributed by atoms with E-state index in [0.717, 1.165) is 30.8 Å². The molecule has 1 aliphatic rings. The molecule has 5 heteroatoms. The van der Waals surface area contributed by atoms with E-state index in [4.69, 9.17) is 5.11 Å². The molecule has 2 rings (SSSR count). The molecule has 16 heavy (non-hydrogen) atoms. The van der Waals surface area contributed by atoms with Gasteiger partial charge in [0, 0.05) is 38.7 Å². The van der Waals surface area contributed by atoms with Crippen LogP contribution in [0.15, 0.2) is 10.9 Å². The summed E-state index contributed by atoms with van der Waals surface area (Å²) in [7, 11) is 0. The van der Waals surface area contributed by atoms with Crippen molar-refractivity contribution in [2.75, 3.05) is 13.2 Å². The molecule has 1 atom stereocenters. The normalized spacial score (nSPS) is 16.9. The molecule has 5 nitrogen and oxygen atoms in total. The van der Waals surface area contributed by atoms with E-state index < -0.39 is 0 Å². The predicted molar refractivity (Wildman–Crippen MR) is 60.2 cm³/mol. The minimum atomic E-state index is -0.0808. The highest BCUT2D eigenvalue weighted by Crippen LogP contribution is 2.08. The largest absolute Gasteiger partial charge is 0.396 e. The Morgan fingerprint density at radius 3 is 3.25 bits per heavy atom. The lowest BCUT2D eigenvalue weighted by molar-refractivity contribution is 0.216. The smallest absolute Gasteiger partial charge is 0.267 e. The Balaban J connectivity index is 2.29. The van der Waals surface area contributed by atoms with E-state index in [1.165, 1.54) is 4.68 Å². The monoisotopic (exact) mass is 223 g/mol. The fourth-order valence-electron chi connectivity index (χ4n) is 1.84. The van der Waals surface area contributed by atoms with Crippen LogP contribution in [0, 0.1) is 5.92 Å². The van der Waals surface area contributed by atoms with Gasteiger partial charge in [0.2, 0.25) is 0 Å². The molecule has 88 valence electrons. The summed E-state index contributed by atoms with van der Waals surface area (Å²) in [5, 5.41) is 16.5. The summed E-state index contributed by atoms with van der Waals surface area (Å²) in [6, 6.07) is 1.65. The SMILES string of the molecule is CC(CO)Cn1nc2c(cc1=O)CNCC2. The van der Waals surface area contributed by atoms with Crippen LogP contribution < -0.4 is 10.9 Å². The molecule has 0 aliphatic carbocycles. The zero-order chi connectivity index (χ0) is 11.5. The minimum absolute atomic E-state index is 0.0602. The molecule has 2 N–H and O–H groups in total. The van der Waals surface area contributed by atoms with Crippen LogP contribution in [-0.2, 0) is 19.5 Å². The van der Waals surface area contributed by atoms with Gasteiger partial charge >= 0.3 is 0 Å². The summed E-state index contributed by atoms with van der Waals surface area (Å²) in [5.41, 5.74) is 1.93. The van der Waals surface area contributed by atoms with E-state index in [1.807, 2.05) is 6.92 Å². The summed E-state index contributed by atoms with van der Waals surface area (Å²) in [6.45, 7) is 4.10. The third-order valence-electron chi connectivity index (χ3n) is 2.81. The van der Waals surface area contributed by atoms with Gasteiger partial charge in [-0.3, -0.25) is 4.79 Å². The molecular formula is C11H17N3O2. The Morgan fingerprint density at radius 1 is 1.69 bits per heavy atom. The number of nitrogens with one attached hydrogen (secondary N) is 1. The number of hydrogen-bond donors (Lipinski definition) is 2. The first-order valence-corrected chi connectivity index (χ1v) is 5.62. The summed E-state index contributed by atoms with van der Waals surface area (Å²) in [6.07, 6.45) is 0.864. The zero-order valence-corrected chi connectivity index (χ0v) is 9.44. The molecule has 0 amide bonds. The zero-order valence-electron chi connectivity index (χ0n) is 9.44. The van der Waals surface area contributed by atoms with Gasteiger partial charge < -0.3 is 10.4 Å². The summed E-state index contributed by atoms with van der Waals surface area (Å²) in [5.74, 6) is 0.0602. The van der Waals surface area contributed by atoms with Crippen molar-refractivity contribution < 1.29 is 5.11 Å². The van der Waals surface area contributed by atoms with Gasteiger partial charge in [-0.25, -0.2) is 4.68 Å². The van der Waals surface area contributed by atoms with Crippen molar-refractivity contribution in [3.63, 3.8) is 0 Å². The molecule has 0 saturated heterocycles. The molecule has 1 aliphatic heterocycles. The molecule has 0 spiro atoms. The van der Waals surface area contributed by atoms with Crippen LogP contribution in [-0.4, -0.2) is 28.0 Å². The van der Waals surface area contributed by atoms with Crippen LogP contribution in [0.25, 0.3) is 0 Å². The second kappa shape index (κ2) is 4.76. The Kier molecular flexibility index (Phi) is 3.36. The Morgan fingerprint density at radius 2 is 2.50 bits per heavy atom. The number of fused-ring (bicyclic) bond motifs is 1. The molecule has 1 unspecified atom stereocenters. The van der Waals surface area contributed by atoms with Gasteiger partial charge in [-0.2, -0.15) is 5.10 Å². The standard InChI is InChI=1S/C11H17N3O2/c1-8(7-15)6-14-11(16)4-9-5-12-3-2-10(9)13-14/h4,8,12,15H,2-3,5-7H2,1H3. The lowest BCUT2D eigenvalue weighted by Gasteiger charge is -2.18. The highest BCUT2D eigenvalue weighted by Gasteiger charge is 2.13. The summed E-state index contributed by atoms with van der Waals surface area (Å²) < 4.78 is 1.46. The number of nitrogens with zero attached hydrogens (tertiary/aromatic N) is 2. The molecule has 0 fully saturated rings. The molecule has 2 heterocycles. The van der Waals surface area contributed by atoms with E-state index >= 15 is 0 Å². The first-order valence-electron chi connectivity index (χ1n) is 5.62. The Hall–Kier alpha value is -1.20. The van der Waals surface area contributed by atoms with Crippen molar-refractivity contribution in [3.8, 4) is 0 Å². The van der Waals surface area contributed by atoms with Crippen LogP contribution in [0.1, 0.15) is 18.2 Å². The van der Waals surface area contributed by atoms with Crippen molar-refractivity contribution in [1.82, 2.24) is 15.1 Å². The van der Waals surface area contributed by atoms with Crippen molar-refractivity contribution in [1.29, 1.82) is 0 Å². The quantitative estimate of drug-likeness (QED) is 0.726. The predicted octanol–water partition coefficient (Wildman–Crippen LogP) is -0.483. The van der Waals surface area contributed by atoms with Gasteiger partial charge in [-0.15, -0.1) is 0 Å². The van der Waals surface area contributed by atoms with Crippen LogP contribution >= 0.6 is 0 Å².